The molecule has 1 aliphatic rings. The minimum absolute atomic E-state index is 0.0267. The van der Waals surface area contributed by atoms with E-state index in [0.717, 1.165) is 36.3 Å². The van der Waals surface area contributed by atoms with E-state index in [-0.39, 0.29) is 32.5 Å². The SMILES string of the molecule is CC(C)(O)c1cc(F)c(-c2cc(C(N)=O)c(Nc3cccc(C(O)C4CCOCC4)n3)s2)c(F)c1. The third kappa shape index (κ3) is 5.51. The lowest BCUT2D eigenvalue weighted by atomic mass is 9.92. The minimum Gasteiger partial charge on any atom is -0.387 e. The Kier molecular flexibility index (Phi) is 7.18. The number of nitrogens with one attached hydrogen (secondary N) is 1. The van der Waals surface area contributed by atoms with Crippen molar-refractivity contribution < 1.29 is 28.5 Å². The highest BCUT2D eigenvalue weighted by Gasteiger charge is 2.26. The molecule has 0 aliphatic carbocycles. The summed E-state index contributed by atoms with van der Waals surface area (Å²) in [6, 6.07) is 8.55. The van der Waals surface area contributed by atoms with Crippen LogP contribution >= 0.6 is 11.3 Å². The minimum atomic E-state index is -1.42. The Morgan fingerprint density at radius 2 is 1.89 bits per heavy atom. The zero-order valence-corrected chi connectivity index (χ0v) is 20.2. The van der Waals surface area contributed by atoms with Crippen LogP contribution in [0.5, 0.6) is 0 Å². The maximum atomic E-state index is 14.9. The van der Waals surface area contributed by atoms with E-state index < -0.39 is 29.2 Å². The van der Waals surface area contributed by atoms with Gasteiger partial charge in [-0.25, -0.2) is 13.8 Å². The van der Waals surface area contributed by atoms with Crippen LogP contribution in [0, 0.1) is 17.6 Å². The van der Waals surface area contributed by atoms with E-state index in [1.165, 1.54) is 19.9 Å². The number of thiophene rings is 1. The second-order valence-corrected chi connectivity index (χ2v) is 10.1. The van der Waals surface area contributed by atoms with Gasteiger partial charge in [-0.05, 0) is 68.5 Å². The molecule has 1 aromatic carbocycles. The molecule has 0 spiro atoms. The second kappa shape index (κ2) is 9.98. The average molecular weight is 504 g/mol. The normalized spacial score (nSPS) is 15.7. The number of nitrogens with two attached hydrogens (primary N) is 1. The van der Waals surface area contributed by atoms with Crippen LogP contribution in [0.25, 0.3) is 10.4 Å². The van der Waals surface area contributed by atoms with Gasteiger partial charge in [0.1, 0.15) is 22.5 Å². The van der Waals surface area contributed by atoms with E-state index >= 15 is 0 Å². The van der Waals surface area contributed by atoms with Crippen LogP contribution in [0.3, 0.4) is 0 Å². The van der Waals surface area contributed by atoms with Gasteiger partial charge in [0.2, 0.25) is 0 Å². The third-order valence-electron chi connectivity index (χ3n) is 6.02. The highest BCUT2D eigenvalue weighted by Crippen LogP contribution is 2.40. The predicted molar refractivity (Wildman–Crippen MR) is 129 cm³/mol. The molecule has 1 fully saturated rings. The molecule has 35 heavy (non-hydrogen) atoms. The van der Waals surface area contributed by atoms with Gasteiger partial charge in [0.25, 0.3) is 5.91 Å². The Morgan fingerprint density at radius 3 is 2.49 bits per heavy atom. The molecule has 1 unspecified atom stereocenters. The summed E-state index contributed by atoms with van der Waals surface area (Å²) < 4.78 is 35.1. The van der Waals surface area contributed by atoms with E-state index in [0.29, 0.717) is 24.7 Å². The first-order chi connectivity index (χ1) is 16.5. The summed E-state index contributed by atoms with van der Waals surface area (Å²) in [6.45, 7) is 4.03. The summed E-state index contributed by atoms with van der Waals surface area (Å²) in [5, 5.41) is 24.1. The van der Waals surface area contributed by atoms with Crippen molar-refractivity contribution >= 4 is 28.1 Å². The zero-order valence-electron chi connectivity index (χ0n) is 19.3. The van der Waals surface area contributed by atoms with Crippen molar-refractivity contribution in [1.82, 2.24) is 4.98 Å². The molecule has 0 radical (unpaired) electrons. The number of benzene rings is 1. The van der Waals surface area contributed by atoms with Crippen molar-refractivity contribution in [1.29, 1.82) is 0 Å². The Balaban J connectivity index is 1.65. The summed E-state index contributed by atoms with van der Waals surface area (Å²) in [7, 11) is 0. The Hall–Kier alpha value is -2.92. The quantitative estimate of drug-likeness (QED) is 0.374. The topological polar surface area (TPSA) is 118 Å². The van der Waals surface area contributed by atoms with E-state index in [1.807, 2.05) is 0 Å². The lowest BCUT2D eigenvalue weighted by molar-refractivity contribution is 0.00563. The summed E-state index contributed by atoms with van der Waals surface area (Å²) in [5.74, 6) is -2.14. The number of halogens is 2. The predicted octanol–water partition coefficient (Wildman–Crippen LogP) is 4.62. The molecular formula is C25H27F2N3O4S. The van der Waals surface area contributed by atoms with Gasteiger partial charge >= 0.3 is 0 Å². The van der Waals surface area contributed by atoms with Crippen LogP contribution in [0.15, 0.2) is 36.4 Å². The first kappa shape index (κ1) is 25.2. The molecule has 1 aliphatic heterocycles. The fourth-order valence-corrected chi connectivity index (χ4v) is 5.15. The number of pyridine rings is 1. The summed E-state index contributed by atoms with van der Waals surface area (Å²) in [5.41, 5.74) is 4.39. The maximum Gasteiger partial charge on any atom is 0.251 e. The van der Waals surface area contributed by atoms with Gasteiger partial charge < -0.3 is 26.0 Å². The Morgan fingerprint density at radius 1 is 1.23 bits per heavy atom. The Bertz CT molecular complexity index is 1210. The van der Waals surface area contributed by atoms with Crippen molar-refractivity contribution in [3.8, 4) is 10.4 Å². The lowest BCUT2D eigenvalue weighted by Gasteiger charge is -2.26. The van der Waals surface area contributed by atoms with Crippen molar-refractivity contribution in [2.24, 2.45) is 11.7 Å². The monoisotopic (exact) mass is 503 g/mol. The molecule has 0 bridgehead atoms. The van der Waals surface area contributed by atoms with Crippen LogP contribution in [0.1, 0.15) is 54.4 Å². The molecule has 3 heterocycles. The van der Waals surface area contributed by atoms with Gasteiger partial charge in [0.05, 0.1) is 28.5 Å². The van der Waals surface area contributed by atoms with E-state index in [1.54, 1.807) is 18.2 Å². The fourth-order valence-electron chi connectivity index (χ4n) is 4.03. The first-order valence-corrected chi connectivity index (χ1v) is 12.0. The maximum absolute atomic E-state index is 14.9. The number of amides is 1. The van der Waals surface area contributed by atoms with E-state index in [4.69, 9.17) is 10.5 Å². The van der Waals surface area contributed by atoms with Crippen LogP contribution in [-0.2, 0) is 10.3 Å². The van der Waals surface area contributed by atoms with E-state index in [9.17, 15) is 23.8 Å². The zero-order chi connectivity index (χ0) is 25.3. The van der Waals surface area contributed by atoms with Gasteiger partial charge in [-0.3, -0.25) is 4.79 Å². The molecule has 1 saturated heterocycles. The smallest absolute Gasteiger partial charge is 0.251 e. The summed E-state index contributed by atoms with van der Waals surface area (Å²) >= 11 is 0.946. The van der Waals surface area contributed by atoms with Crippen molar-refractivity contribution in [3.63, 3.8) is 0 Å². The van der Waals surface area contributed by atoms with Crippen molar-refractivity contribution in [2.45, 2.75) is 38.4 Å². The van der Waals surface area contributed by atoms with Crippen LogP contribution < -0.4 is 11.1 Å². The second-order valence-electron chi connectivity index (χ2n) is 9.06. The first-order valence-electron chi connectivity index (χ1n) is 11.2. The third-order valence-corrected chi connectivity index (χ3v) is 7.09. The number of rotatable bonds is 7. The summed E-state index contributed by atoms with van der Waals surface area (Å²) in [6.07, 6.45) is 0.682. The van der Waals surface area contributed by atoms with Crippen molar-refractivity contribution in [3.05, 3.63) is 64.9 Å². The van der Waals surface area contributed by atoms with Gasteiger partial charge in [0.15, 0.2) is 0 Å². The number of carbonyl (C=O) groups excluding carboxylic acids is 1. The molecule has 2 aromatic heterocycles. The standard InChI is InChI=1S/C25H27F2N3O4S/c1-25(2,33)14-10-16(26)21(17(27)11-14)19-12-15(23(28)32)24(35-19)30-20-5-3-4-18(29-20)22(31)13-6-8-34-9-7-13/h3-5,10-13,22,31,33H,6-9H2,1-2H3,(H2,28,32)(H,29,30). The van der Waals surface area contributed by atoms with Gasteiger partial charge in [-0.2, -0.15) is 0 Å². The summed E-state index contributed by atoms with van der Waals surface area (Å²) in [4.78, 5) is 16.7. The van der Waals surface area contributed by atoms with Crippen LogP contribution in [0.4, 0.5) is 19.6 Å². The highest BCUT2D eigenvalue weighted by molar-refractivity contribution is 7.20. The molecular weight excluding hydrogens is 476 g/mol. The van der Waals surface area contributed by atoms with Gasteiger partial charge in [-0.15, -0.1) is 11.3 Å². The fraction of sp³-hybridized carbons (Fsp3) is 0.360. The number of aromatic nitrogens is 1. The molecule has 1 atom stereocenters. The number of nitrogens with zero attached hydrogens (tertiary/aromatic N) is 1. The molecule has 4 rings (SSSR count). The molecule has 10 heteroatoms. The molecule has 0 saturated carbocycles. The van der Waals surface area contributed by atoms with Crippen LogP contribution in [-0.4, -0.2) is 34.3 Å². The Labute approximate surface area is 205 Å². The number of aliphatic hydroxyl groups is 2. The number of aliphatic hydroxyl groups excluding tert-OH is 1. The van der Waals surface area contributed by atoms with Crippen molar-refractivity contribution in [2.75, 3.05) is 18.5 Å². The molecule has 5 N–H and O–H groups in total. The van der Waals surface area contributed by atoms with E-state index in [2.05, 4.69) is 10.3 Å². The number of ether oxygens (including phenoxy) is 1. The number of hydrogen-bond donors (Lipinski definition) is 4. The van der Waals surface area contributed by atoms with Gasteiger partial charge in [0, 0.05) is 18.1 Å². The number of carbonyl (C=O) groups is 1. The van der Waals surface area contributed by atoms with Crippen LogP contribution in [0.2, 0.25) is 0 Å². The highest BCUT2D eigenvalue weighted by atomic mass is 32.1. The largest absolute Gasteiger partial charge is 0.387 e. The number of hydrogen-bond acceptors (Lipinski definition) is 7. The average Bonchev–Trinajstić information content (AvgIpc) is 3.21. The van der Waals surface area contributed by atoms with Gasteiger partial charge in [-0.1, -0.05) is 6.07 Å². The number of anilines is 2. The molecule has 7 nitrogen and oxygen atoms in total. The number of primary amides is 1. The molecule has 186 valence electrons. The molecule has 1 amide bonds. The molecule has 3 aromatic rings. The lowest BCUT2D eigenvalue weighted by Crippen LogP contribution is -2.22.